The SMILES string of the molecule is Cl.O=C(CCCCCN=C1NS(=O)(=O)c2ccccc21)NC1CCNC1. The lowest BCUT2D eigenvalue weighted by molar-refractivity contribution is -0.121. The van der Waals surface area contributed by atoms with E-state index in [4.69, 9.17) is 0 Å². The number of carbonyl (C=O) groups excluding carboxylic acids is 1. The summed E-state index contributed by atoms with van der Waals surface area (Å²) in [6.07, 6.45) is 4.06. The lowest BCUT2D eigenvalue weighted by Gasteiger charge is -2.10. The first-order chi connectivity index (χ1) is 12.1. The van der Waals surface area contributed by atoms with Gasteiger partial charge >= 0.3 is 0 Å². The number of amidine groups is 1. The van der Waals surface area contributed by atoms with Crippen molar-refractivity contribution >= 4 is 34.2 Å². The van der Waals surface area contributed by atoms with E-state index < -0.39 is 10.0 Å². The van der Waals surface area contributed by atoms with Crippen LogP contribution in [0.1, 0.15) is 37.7 Å². The molecule has 2 aliphatic rings. The second kappa shape index (κ2) is 9.34. The second-order valence-electron chi connectivity index (χ2n) is 6.40. The molecule has 144 valence electrons. The van der Waals surface area contributed by atoms with Crippen LogP contribution in [0.2, 0.25) is 0 Å². The van der Waals surface area contributed by atoms with E-state index in [1.807, 2.05) is 0 Å². The minimum atomic E-state index is -3.46. The molecular formula is C17H25ClN4O3S. The number of carbonyl (C=O) groups is 1. The number of nitrogens with zero attached hydrogens (tertiary/aromatic N) is 1. The Balaban J connectivity index is 0.00000243. The molecule has 1 aromatic carbocycles. The molecule has 0 bridgehead atoms. The molecule has 2 aliphatic heterocycles. The number of amides is 1. The van der Waals surface area contributed by atoms with Gasteiger partial charge in [0.15, 0.2) is 0 Å². The van der Waals surface area contributed by atoms with Gasteiger partial charge in [0.1, 0.15) is 5.84 Å². The van der Waals surface area contributed by atoms with Gasteiger partial charge in [0.2, 0.25) is 5.91 Å². The molecule has 0 spiro atoms. The van der Waals surface area contributed by atoms with Crippen molar-refractivity contribution in [1.82, 2.24) is 15.4 Å². The highest BCUT2D eigenvalue weighted by molar-refractivity contribution is 7.90. The third-order valence-corrected chi connectivity index (χ3v) is 5.82. The van der Waals surface area contributed by atoms with E-state index in [0.717, 1.165) is 38.8 Å². The fourth-order valence-corrected chi connectivity index (χ4v) is 4.34. The Morgan fingerprint density at radius 3 is 2.81 bits per heavy atom. The number of aliphatic imine (C=N–C) groups is 1. The number of fused-ring (bicyclic) bond motifs is 1. The first-order valence-electron chi connectivity index (χ1n) is 8.73. The molecule has 2 heterocycles. The van der Waals surface area contributed by atoms with E-state index in [9.17, 15) is 13.2 Å². The fourth-order valence-electron chi connectivity index (χ4n) is 3.09. The van der Waals surface area contributed by atoms with Crippen LogP contribution in [0.15, 0.2) is 34.2 Å². The minimum absolute atomic E-state index is 0. The van der Waals surface area contributed by atoms with E-state index in [1.54, 1.807) is 24.3 Å². The van der Waals surface area contributed by atoms with Crippen molar-refractivity contribution in [2.24, 2.45) is 4.99 Å². The summed E-state index contributed by atoms with van der Waals surface area (Å²) in [5.41, 5.74) is 0.632. The van der Waals surface area contributed by atoms with Crippen LogP contribution in [-0.4, -0.2) is 45.8 Å². The van der Waals surface area contributed by atoms with Crippen LogP contribution in [0.3, 0.4) is 0 Å². The molecule has 1 atom stereocenters. The fraction of sp³-hybridized carbons (Fsp3) is 0.529. The summed E-state index contributed by atoms with van der Waals surface area (Å²) in [5.74, 6) is 0.527. The highest BCUT2D eigenvalue weighted by Crippen LogP contribution is 2.22. The van der Waals surface area contributed by atoms with Crippen LogP contribution < -0.4 is 15.4 Å². The number of nitrogens with one attached hydrogen (secondary N) is 3. The molecule has 0 aromatic heterocycles. The lowest BCUT2D eigenvalue weighted by atomic mass is 10.1. The van der Waals surface area contributed by atoms with Gasteiger partial charge in [0.25, 0.3) is 10.0 Å². The third-order valence-electron chi connectivity index (χ3n) is 4.42. The molecule has 1 saturated heterocycles. The van der Waals surface area contributed by atoms with Crippen molar-refractivity contribution < 1.29 is 13.2 Å². The summed E-state index contributed by atoms with van der Waals surface area (Å²) in [6.45, 7) is 2.37. The molecule has 3 N–H and O–H groups in total. The summed E-state index contributed by atoms with van der Waals surface area (Å²) >= 11 is 0. The zero-order valence-electron chi connectivity index (χ0n) is 14.5. The van der Waals surface area contributed by atoms with Crippen molar-refractivity contribution in [2.45, 2.75) is 43.0 Å². The van der Waals surface area contributed by atoms with Gasteiger partial charge in [-0.3, -0.25) is 14.5 Å². The standard InChI is InChI=1S/C17H24N4O3S.ClH/c22-16(20-13-9-11-18-12-13)8-2-1-5-10-19-17-14-6-3-4-7-15(14)25(23,24)21-17;/h3-4,6-7,13,18H,1-2,5,8-12H2,(H,19,21)(H,20,22);1H. The molecule has 1 unspecified atom stereocenters. The highest BCUT2D eigenvalue weighted by atomic mass is 35.5. The van der Waals surface area contributed by atoms with Gasteiger partial charge in [0.05, 0.1) is 4.90 Å². The van der Waals surface area contributed by atoms with Gasteiger partial charge in [-0.2, -0.15) is 0 Å². The van der Waals surface area contributed by atoms with Crippen LogP contribution in [0.5, 0.6) is 0 Å². The summed E-state index contributed by atoms with van der Waals surface area (Å²) in [6, 6.07) is 7.12. The first kappa shape index (κ1) is 20.7. The number of benzene rings is 1. The number of hydrogen-bond donors (Lipinski definition) is 3. The zero-order chi connectivity index (χ0) is 17.7. The molecule has 9 heteroatoms. The Bertz CT molecular complexity index is 761. The summed E-state index contributed by atoms with van der Waals surface area (Å²) in [5, 5.41) is 6.25. The van der Waals surface area contributed by atoms with E-state index in [1.165, 1.54) is 0 Å². The van der Waals surface area contributed by atoms with E-state index in [2.05, 4.69) is 20.3 Å². The van der Waals surface area contributed by atoms with E-state index >= 15 is 0 Å². The molecule has 0 aliphatic carbocycles. The van der Waals surface area contributed by atoms with Gasteiger partial charge in [-0.15, -0.1) is 12.4 Å². The normalized spacial score (nSPS) is 21.7. The van der Waals surface area contributed by atoms with Gasteiger partial charge < -0.3 is 10.6 Å². The second-order valence-corrected chi connectivity index (χ2v) is 8.05. The monoisotopic (exact) mass is 400 g/mol. The first-order valence-corrected chi connectivity index (χ1v) is 10.2. The molecule has 1 aromatic rings. The zero-order valence-corrected chi connectivity index (χ0v) is 16.2. The van der Waals surface area contributed by atoms with Gasteiger partial charge in [-0.05, 0) is 37.9 Å². The highest BCUT2D eigenvalue weighted by Gasteiger charge is 2.29. The maximum atomic E-state index is 12.0. The number of rotatable bonds is 7. The molecule has 1 fully saturated rings. The average Bonchev–Trinajstić information content (AvgIpc) is 3.18. The van der Waals surface area contributed by atoms with Crippen LogP contribution in [-0.2, 0) is 14.8 Å². The smallest absolute Gasteiger partial charge is 0.263 e. The van der Waals surface area contributed by atoms with Gasteiger partial charge in [-0.25, -0.2) is 8.42 Å². The predicted octanol–water partition coefficient (Wildman–Crippen LogP) is 1.19. The molecule has 0 radical (unpaired) electrons. The molecule has 3 rings (SSSR count). The summed E-state index contributed by atoms with van der Waals surface area (Å²) in [4.78, 5) is 16.5. The van der Waals surface area contributed by atoms with Crippen molar-refractivity contribution in [3.63, 3.8) is 0 Å². The molecule has 1 amide bonds. The van der Waals surface area contributed by atoms with E-state index in [-0.39, 0.29) is 29.3 Å². The third kappa shape index (κ3) is 5.18. The maximum Gasteiger partial charge on any atom is 0.263 e. The lowest BCUT2D eigenvalue weighted by Crippen LogP contribution is -2.35. The van der Waals surface area contributed by atoms with Crippen molar-refractivity contribution in [1.29, 1.82) is 0 Å². The largest absolute Gasteiger partial charge is 0.352 e. The Morgan fingerprint density at radius 1 is 1.23 bits per heavy atom. The van der Waals surface area contributed by atoms with Crippen LogP contribution in [0.4, 0.5) is 0 Å². The Labute approximate surface area is 160 Å². The average molecular weight is 401 g/mol. The Kier molecular flexibility index (Phi) is 7.43. The van der Waals surface area contributed by atoms with Crippen LogP contribution in [0, 0.1) is 0 Å². The molecule has 0 saturated carbocycles. The molecule has 7 nitrogen and oxygen atoms in total. The molecule has 26 heavy (non-hydrogen) atoms. The van der Waals surface area contributed by atoms with Crippen molar-refractivity contribution in [3.05, 3.63) is 29.8 Å². The topological polar surface area (TPSA) is 99.7 Å². The number of unbranched alkanes of at least 4 members (excludes halogenated alkanes) is 2. The number of hydrogen-bond acceptors (Lipinski definition) is 5. The van der Waals surface area contributed by atoms with Crippen molar-refractivity contribution in [3.8, 4) is 0 Å². The predicted molar refractivity (Wildman–Crippen MR) is 103 cm³/mol. The van der Waals surface area contributed by atoms with E-state index in [0.29, 0.717) is 24.4 Å². The van der Waals surface area contributed by atoms with Gasteiger partial charge in [0, 0.05) is 31.1 Å². The maximum absolute atomic E-state index is 12.0. The minimum Gasteiger partial charge on any atom is -0.352 e. The number of sulfonamides is 1. The Hall–Kier alpha value is -1.64. The Morgan fingerprint density at radius 2 is 2.04 bits per heavy atom. The summed E-state index contributed by atoms with van der Waals surface area (Å²) in [7, 11) is -3.46. The van der Waals surface area contributed by atoms with Gasteiger partial charge in [-0.1, -0.05) is 18.6 Å². The van der Waals surface area contributed by atoms with Crippen LogP contribution >= 0.6 is 12.4 Å². The number of halogens is 1. The molecular weight excluding hydrogens is 376 g/mol. The van der Waals surface area contributed by atoms with Crippen molar-refractivity contribution in [2.75, 3.05) is 19.6 Å². The quantitative estimate of drug-likeness (QED) is 0.598. The van der Waals surface area contributed by atoms with Crippen LogP contribution in [0.25, 0.3) is 0 Å². The summed E-state index contributed by atoms with van der Waals surface area (Å²) < 4.78 is 26.4.